The predicted octanol–water partition coefficient (Wildman–Crippen LogP) is 0.929. The average molecular weight is 277 g/mol. The van der Waals surface area contributed by atoms with Gasteiger partial charge in [-0.15, -0.1) is 0 Å². The minimum Gasteiger partial charge on any atom is -0.478 e. The Labute approximate surface area is 117 Å². The Hall–Kier alpha value is -2.24. The molecule has 0 atom stereocenters. The van der Waals surface area contributed by atoms with E-state index in [9.17, 15) is 9.59 Å². The van der Waals surface area contributed by atoms with Crippen LogP contribution in [-0.4, -0.2) is 37.1 Å². The molecule has 0 aliphatic carbocycles. The molecule has 1 aromatic carbocycles. The number of nitrogen functional groups attached to an aromatic ring is 1. The summed E-state index contributed by atoms with van der Waals surface area (Å²) in [5.74, 6) is -0.872. The van der Waals surface area contributed by atoms with Gasteiger partial charge in [0, 0.05) is 26.1 Å². The van der Waals surface area contributed by atoms with Crippen LogP contribution in [0, 0.1) is 5.92 Å². The summed E-state index contributed by atoms with van der Waals surface area (Å²) < 4.78 is 0. The second-order valence-electron chi connectivity index (χ2n) is 4.95. The van der Waals surface area contributed by atoms with E-state index in [-0.39, 0.29) is 17.4 Å². The van der Waals surface area contributed by atoms with Crippen molar-refractivity contribution in [3.8, 4) is 0 Å². The SMILES string of the molecule is CNC(=O)C1CCN(c2cc(C(=O)O)ccc2N)CC1. The van der Waals surface area contributed by atoms with Gasteiger partial charge in [0.25, 0.3) is 0 Å². The number of piperidine rings is 1. The van der Waals surface area contributed by atoms with E-state index >= 15 is 0 Å². The van der Waals surface area contributed by atoms with Crippen LogP contribution in [0.5, 0.6) is 0 Å². The molecule has 1 aromatic rings. The van der Waals surface area contributed by atoms with Gasteiger partial charge in [0.1, 0.15) is 0 Å². The lowest BCUT2D eigenvalue weighted by molar-refractivity contribution is -0.125. The second kappa shape index (κ2) is 5.81. The molecule has 0 spiro atoms. The summed E-state index contributed by atoms with van der Waals surface area (Å²) >= 11 is 0. The molecule has 0 aromatic heterocycles. The number of hydrogen-bond donors (Lipinski definition) is 3. The van der Waals surface area contributed by atoms with Gasteiger partial charge >= 0.3 is 5.97 Å². The van der Waals surface area contributed by atoms with Crippen molar-refractivity contribution in [1.82, 2.24) is 5.32 Å². The van der Waals surface area contributed by atoms with Crippen LogP contribution in [0.4, 0.5) is 11.4 Å². The van der Waals surface area contributed by atoms with Crippen LogP contribution in [0.3, 0.4) is 0 Å². The molecule has 108 valence electrons. The number of amides is 1. The molecule has 1 aliphatic rings. The highest BCUT2D eigenvalue weighted by atomic mass is 16.4. The first-order valence-electron chi connectivity index (χ1n) is 6.62. The Bertz CT molecular complexity index is 522. The Morgan fingerprint density at radius 2 is 2.00 bits per heavy atom. The van der Waals surface area contributed by atoms with Crippen molar-refractivity contribution < 1.29 is 14.7 Å². The molecule has 0 bridgehead atoms. The van der Waals surface area contributed by atoms with E-state index in [0.717, 1.165) is 18.5 Å². The van der Waals surface area contributed by atoms with Gasteiger partial charge in [-0.05, 0) is 31.0 Å². The highest BCUT2D eigenvalue weighted by molar-refractivity contribution is 5.90. The summed E-state index contributed by atoms with van der Waals surface area (Å²) in [4.78, 5) is 24.6. The van der Waals surface area contributed by atoms with E-state index in [2.05, 4.69) is 5.32 Å². The number of carboxylic acid groups (broad SMARTS) is 1. The quantitative estimate of drug-likeness (QED) is 0.714. The topological polar surface area (TPSA) is 95.7 Å². The van der Waals surface area contributed by atoms with Crippen molar-refractivity contribution in [2.75, 3.05) is 30.8 Å². The van der Waals surface area contributed by atoms with Crippen LogP contribution >= 0.6 is 0 Å². The van der Waals surface area contributed by atoms with Gasteiger partial charge in [-0.25, -0.2) is 4.79 Å². The lowest BCUT2D eigenvalue weighted by Gasteiger charge is -2.33. The van der Waals surface area contributed by atoms with E-state index in [4.69, 9.17) is 10.8 Å². The molecular formula is C14H19N3O3. The molecule has 1 saturated heterocycles. The minimum atomic E-state index is -0.966. The predicted molar refractivity (Wildman–Crippen MR) is 76.8 cm³/mol. The summed E-state index contributed by atoms with van der Waals surface area (Å²) in [5, 5.41) is 11.7. The molecule has 6 nitrogen and oxygen atoms in total. The molecule has 20 heavy (non-hydrogen) atoms. The molecule has 2 rings (SSSR count). The summed E-state index contributed by atoms with van der Waals surface area (Å²) in [6.07, 6.45) is 1.49. The average Bonchev–Trinajstić information content (AvgIpc) is 2.47. The van der Waals surface area contributed by atoms with Crippen molar-refractivity contribution in [2.24, 2.45) is 5.92 Å². The summed E-state index contributed by atoms with van der Waals surface area (Å²) in [7, 11) is 1.64. The van der Waals surface area contributed by atoms with Crippen molar-refractivity contribution in [1.29, 1.82) is 0 Å². The number of aromatic carboxylic acids is 1. The monoisotopic (exact) mass is 277 g/mol. The number of carbonyl (C=O) groups excluding carboxylic acids is 1. The van der Waals surface area contributed by atoms with Gasteiger partial charge in [0.15, 0.2) is 0 Å². The van der Waals surface area contributed by atoms with Crippen LogP contribution in [0.1, 0.15) is 23.2 Å². The van der Waals surface area contributed by atoms with Crippen LogP contribution in [0.15, 0.2) is 18.2 Å². The van der Waals surface area contributed by atoms with Crippen molar-refractivity contribution in [2.45, 2.75) is 12.8 Å². The third kappa shape index (κ3) is 2.84. The van der Waals surface area contributed by atoms with Gasteiger partial charge in [0.2, 0.25) is 5.91 Å². The van der Waals surface area contributed by atoms with Crippen molar-refractivity contribution in [3.63, 3.8) is 0 Å². The number of benzene rings is 1. The number of carboxylic acids is 1. The lowest BCUT2D eigenvalue weighted by atomic mass is 9.95. The third-order valence-corrected chi connectivity index (χ3v) is 3.73. The van der Waals surface area contributed by atoms with Gasteiger partial charge in [-0.3, -0.25) is 4.79 Å². The highest BCUT2D eigenvalue weighted by Gasteiger charge is 2.25. The number of nitrogens with zero attached hydrogens (tertiary/aromatic N) is 1. The first kappa shape index (κ1) is 14.2. The zero-order valence-electron chi connectivity index (χ0n) is 11.4. The number of nitrogens with two attached hydrogens (primary N) is 1. The van der Waals surface area contributed by atoms with Crippen LogP contribution in [0.25, 0.3) is 0 Å². The Balaban J connectivity index is 2.12. The number of hydrogen-bond acceptors (Lipinski definition) is 4. The van der Waals surface area contributed by atoms with E-state index in [1.54, 1.807) is 19.2 Å². The minimum absolute atomic E-state index is 0.0279. The summed E-state index contributed by atoms with van der Waals surface area (Å²) in [5.41, 5.74) is 7.45. The Kier molecular flexibility index (Phi) is 4.12. The van der Waals surface area contributed by atoms with Crippen LogP contribution in [-0.2, 0) is 4.79 Å². The molecule has 6 heteroatoms. The number of nitrogens with one attached hydrogen (secondary N) is 1. The molecule has 1 heterocycles. The molecule has 0 unspecified atom stereocenters. The number of rotatable bonds is 3. The highest BCUT2D eigenvalue weighted by Crippen LogP contribution is 2.29. The molecular weight excluding hydrogens is 258 g/mol. The normalized spacial score (nSPS) is 15.9. The summed E-state index contributed by atoms with van der Waals surface area (Å²) in [6.45, 7) is 1.40. The fourth-order valence-electron chi connectivity index (χ4n) is 2.54. The second-order valence-corrected chi connectivity index (χ2v) is 4.95. The van der Waals surface area contributed by atoms with Crippen molar-refractivity contribution >= 4 is 23.3 Å². The molecule has 0 radical (unpaired) electrons. The first-order chi connectivity index (χ1) is 9.52. The molecule has 0 saturated carbocycles. The first-order valence-corrected chi connectivity index (χ1v) is 6.62. The summed E-state index contributed by atoms with van der Waals surface area (Å²) in [6, 6.07) is 4.71. The zero-order chi connectivity index (χ0) is 14.7. The Morgan fingerprint density at radius 3 is 2.55 bits per heavy atom. The van der Waals surface area contributed by atoms with Gasteiger partial charge in [-0.1, -0.05) is 0 Å². The van der Waals surface area contributed by atoms with E-state index in [1.165, 1.54) is 6.07 Å². The largest absolute Gasteiger partial charge is 0.478 e. The molecule has 4 N–H and O–H groups in total. The van der Waals surface area contributed by atoms with Crippen molar-refractivity contribution in [3.05, 3.63) is 23.8 Å². The smallest absolute Gasteiger partial charge is 0.335 e. The van der Waals surface area contributed by atoms with Gasteiger partial charge in [0.05, 0.1) is 16.9 Å². The van der Waals surface area contributed by atoms with E-state index < -0.39 is 5.97 Å². The maximum absolute atomic E-state index is 11.6. The van der Waals surface area contributed by atoms with E-state index in [0.29, 0.717) is 18.8 Å². The third-order valence-electron chi connectivity index (χ3n) is 3.73. The molecule has 1 amide bonds. The standard InChI is InChI=1S/C14H19N3O3/c1-16-13(18)9-4-6-17(7-5-9)12-8-10(14(19)20)2-3-11(12)15/h2-3,8-9H,4-7,15H2,1H3,(H,16,18)(H,19,20). The van der Waals surface area contributed by atoms with E-state index in [1.807, 2.05) is 4.90 Å². The van der Waals surface area contributed by atoms with Gasteiger partial charge in [-0.2, -0.15) is 0 Å². The Morgan fingerprint density at radius 1 is 1.35 bits per heavy atom. The van der Waals surface area contributed by atoms with Crippen LogP contribution in [0.2, 0.25) is 0 Å². The lowest BCUT2D eigenvalue weighted by Crippen LogP contribution is -2.39. The molecule has 1 fully saturated rings. The number of carbonyl (C=O) groups is 2. The fraction of sp³-hybridized carbons (Fsp3) is 0.429. The van der Waals surface area contributed by atoms with Crippen LogP contribution < -0.4 is 16.0 Å². The molecule has 1 aliphatic heterocycles. The maximum Gasteiger partial charge on any atom is 0.335 e. The number of anilines is 2. The maximum atomic E-state index is 11.6. The zero-order valence-corrected chi connectivity index (χ0v) is 11.4. The van der Waals surface area contributed by atoms with Gasteiger partial charge < -0.3 is 21.1 Å². The fourth-order valence-corrected chi connectivity index (χ4v) is 2.54.